The molecule has 3 aromatic rings. The lowest BCUT2D eigenvalue weighted by Crippen LogP contribution is -1.97. The summed E-state index contributed by atoms with van der Waals surface area (Å²) in [5.74, 6) is 0.864. The fourth-order valence-electron chi connectivity index (χ4n) is 2.09. The number of aromatic nitrogens is 2. The molecule has 4 nitrogen and oxygen atoms in total. The van der Waals surface area contributed by atoms with Gasteiger partial charge in [0.2, 0.25) is 0 Å². The zero-order valence-electron chi connectivity index (χ0n) is 11.7. The molecule has 0 fully saturated rings. The molecule has 0 bridgehead atoms. The summed E-state index contributed by atoms with van der Waals surface area (Å²) in [4.78, 5) is 7.93. The minimum atomic E-state index is -0.268. The number of hydrogen-bond donors (Lipinski definition) is 1. The Morgan fingerprint density at radius 2 is 1.91 bits per heavy atom. The molecule has 0 aliphatic heterocycles. The molecular formula is C17H14FN3O. The molecule has 2 aromatic carbocycles. The Morgan fingerprint density at radius 3 is 2.64 bits per heavy atom. The van der Waals surface area contributed by atoms with E-state index in [1.165, 1.54) is 18.5 Å². The minimum absolute atomic E-state index is 0.268. The molecule has 22 heavy (non-hydrogen) atoms. The van der Waals surface area contributed by atoms with Gasteiger partial charge in [0.15, 0.2) is 0 Å². The van der Waals surface area contributed by atoms with E-state index in [9.17, 15) is 4.39 Å². The highest BCUT2D eigenvalue weighted by molar-refractivity contribution is 5.72. The van der Waals surface area contributed by atoms with Crippen molar-refractivity contribution in [1.82, 2.24) is 9.97 Å². The third-order valence-electron chi connectivity index (χ3n) is 3.20. The Balaban J connectivity index is 1.71. The molecule has 0 radical (unpaired) electrons. The highest BCUT2D eigenvalue weighted by Gasteiger charge is 2.04. The molecule has 2 N–H and O–H groups in total. The van der Waals surface area contributed by atoms with Gasteiger partial charge in [0, 0.05) is 11.8 Å². The van der Waals surface area contributed by atoms with Crippen molar-refractivity contribution in [2.75, 3.05) is 5.73 Å². The van der Waals surface area contributed by atoms with Crippen LogP contribution >= 0.6 is 0 Å². The summed E-state index contributed by atoms with van der Waals surface area (Å²) in [5.41, 5.74) is 8.29. The van der Waals surface area contributed by atoms with Gasteiger partial charge in [-0.05, 0) is 35.4 Å². The number of halogens is 1. The number of ether oxygens (including phenoxy) is 1. The van der Waals surface area contributed by atoms with Gasteiger partial charge in [0.25, 0.3) is 0 Å². The summed E-state index contributed by atoms with van der Waals surface area (Å²) in [7, 11) is 0. The first-order valence-electron chi connectivity index (χ1n) is 6.75. The van der Waals surface area contributed by atoms with Crippen molar-refractivity contribution in [1.29, 1.82) is 0 Å². The first-order valence-corrected chi connectivity index (χ1v) is 6.75. The number of rotatable bonds is 4. The number of nitrogens with two attached hydrogens (primary N) is 1. The lowest BCUT2D eigenvalue weighted by molar-refractivity contribution is 0.305. The van der Waals surface area contributed by atoms with E-state index in [0.717, 1.165) is 16.7 Å². The first kappa shape index (κ1) is 14.0. The summed E-state index contributed by atoms with van der Waals surface area (Å²) in [5, 5.41) is 0. The maximum Gasteiger partial charge on any atom is 0.134 e. The molecule has 5 heteroatoms. The average molecular weight is 295 g/mol. The number of anilines is 1. The standard InChI is InChI=1S/C17H14FN3O/c18-14-3-1-2-12(8-14)10-22-15-6-4-13(5-7-15)16-9-20-11-21-17(16)19/h1-9,11H,10H2,(H2,19,20,21). The number of hydrogen-bond acceptors (Lipinski definition) is 4. The van der Waals surface area contributed by atoms with Crippen molar-refractivity contribution in [2.24, 2.45) is 0 Å². The second kappa shape index (κ2) is 6.22. The summed E-state index contributed by atoms with van der Waals surface area (Å²) in [6, 6.07) is 13.8. The van der Waals surface area contributed by atoms with Crippen LogP contribution in [-0.4, -0.2) is 9.97 Å². The Bertz CT molecular complexity index is 775. The monoisotopic (exact) mass is 295 g/mol. The van der Waals surface area contributed by atoms with Gasteiger partial charge in [-0.15, -0.1) is 0 Å². The maximum absolute atomic E-state index is 13.1. The van der Waals surface area contributed by atoms with Crippen molar-refractivity contribution in [3.05, 3.63) is 72.4 Å². The van der Waals surface area contributed by atoms with Gasteiger partial charge in [-0.3, -0.25) is 0 Å². The van der Waals surface area contributed by atoms with Gasteiger partial charge in [-0.1, -0.05) is 24.3 Å². The molecule has 0 unspecified atom stereocenters. The summed E-state index contributed by atoms with van der Waals surface area (Å²) in [6.45, 7) is 0.313. The van der Waals surface area contributed by atoms with Crippen LogP contribution in [-0.2, 0) is 6.61 Å². The van der Waals surface area contributed by atoms with Crippen molar-refractivity contribution in [2.45, 2.75) is 6.61 Å². The van der Waals surface area contributed by atoms with Crippen LogP contribution in [0.1, 0.15) is 5.56 Å². The van der Waals surface area contributed by atoms with Gasteiger partial charge in [-0.2, -0.15) is 0 Å². The van der Waals surface area contributed by atoms with Crippen LogP contribution in [0.5, 0.6) is 5.75 Å². The topological polar surface area (TPSA) is 61.0 Å². The Hall–Kier alpha value is -2.95. The van der Waals surface area contributed by atoms with Crippen LogP contribution < -0.4 is 10.5 Å². The van der Waals surface area contributed by atoms with E-state index >= 15 is 0 Å². The molecule has 0 spiro atoms. The van der Waals surface area contributed by atoms with Crippen LogP contribution in [0, 0.1) is 5.82 Å². The third-order valence-corrected chi connectivity index (χ3v) is 3.20. The van der Waals surface area contributed by atoms with Crippen LogP contribution in [0.3, 0.4) is 0 Å². The highest BCUT2D eigenvalue weighted by atomic mass is 19.1. The van der Waals surface area contributed by atoms with Gasteiger partial charge in [-0.25, -0.2) is 14.4 Å². The van der Waals surface area contributed by atoms with Crippen LogP contribution in [0.25, 0.3) is 11.1 Å². The van der Waals surface area contributed by atoms with Gasteiger partial charge < -0.3 is 10.5 Å². The first-order chi connectivity index (χ1) is 10.7. The van der Waals surface area contributed by atoms with E-state index in [2.05, 4.69) is 9.97 Å². The molecule has 0 aliphatic carbocycles. The average Bonchev–Trinajstić information content (AvgIpc) is 2.54. The van der Waals surface area contributed by atoms with E-state index in [1.807, 2.05) is 30.3 Å². The van der Waals surface area contributed by atoms with Crippen LogP contribution in [0.4, 0.5) is 10.2 Å². The van der Waals surface area contributed by atoms with Crippen molar-refractivity contribution in [3.8, 4) is 16.9 Å². The molecule has 3 rings (SSSR count). The molecule has 1 aromatic heterocycles. The SMILES string of the molecule is Nc1ncncc1-c1ccc(OCc2cccc(F)c2)cc1. The summed E-state index contributed by atoms with van der Waals surface area (Å²) >= 11 is 0. The van der Waals surface area contributed by atoms with Crippen molar-refractivity contribution in [3.63, 3.8) is 0 Å². The van der Waals surface area contributed by atoms with Gasteiger partial charge in [0.1, 0.15) is 30.3 Å². The Kier molecular flexibility index (Phi) is 3.96. The van der Waals surface area contributed by atoms with Crippen LogP contribution in [0.2, 0.25) is 0 Å². The minimum Gasteiger partial charge on any atom is -0.489 e. The van der Waals surface area contributed by atoms with Crippen LogP contribution in [0.15, 0.2) is 61.1 Å². The molecule has 0 saturated heterocycles. The normalized spacial score (nSPS) is 10.4. The third kappa shape index (κ3) is 3.20. The molecule has 0 aliphatic rings. The predicted octanol–water partition coefficient (Wildman–Crippen LogP) is 3.44. The van der Waals surface area contributed by atoms with Crippen molar-refractivity contribution >= 4 is 5.82 Å². The second-order valence-electron chi connectivity index (χ2n) is 4.76. The molecule has 0 amide bonds. The summed E-state index contributed by atoms with van der Waals surface area (Å²) in [6.07, 6.45) is 3.08. The molecule has 110 valence electrons. The largest absolute Gasteiger partial charge is 0.489 e. The number of nitrogens with zero attached hydrogens (tertiary/aromatic N) is 2. The highest BCUT2D eigenvalue weighted by Crippen LogP contribution is 2.25. The zero-order valence-corrected chi connectivity index (χ0v) is 11.7. The molecule has 0 saturated carbocycles. The van der Waals surface area contributed by atoms with Gasteiger partial charge >= 0.3 is 0 Å². The van der Waals surface area contributed by atoms with E-state index in [-0.39, 0.29) is 5.82 Å². The fraction of sp³-hybridized carbons (Fsp3) is 0.0588. The van der Waals surface area contributed by atoms with E-state index in [4.69, 9.17) is 10.5 Å². The zero-order chi connectivity index (χ0) is 15.4. The molecular weight excluding hydrogens is 281 g/mol. The van der Waals surface area contributed by atoms with E-state index in [1.54, 1.807) is 12.3 Å². The second-order valence-corrected chi connectivity index (χ2v) is 4.76. The lowest BCUT2D eigenvalue weighted by atomic mass is 10.1. The molecule has 0 atom stereocenters. The van der Waals surface area contributed by atoms with E-state index in [0.29, 0.717) is 18.2 Å². The number of benzene rings is 2. The van der Waals surface area contributed by atoms with Gasteiger partial charge in [0.05, 0.1) is 0 Å². The predicted molar refractivity (Wildman–Crippen MR) is 82.6 cm³/mol. The quantitative estimate of drug-likeness (QED) is 0.801. The summed E-state index contributed by atoms with van der Waals surface area (Å²) < 4.78 is 18.7. The Morgan fingerprint density at radius 1 is 1.09 bits per heavy atom. The Labute approximate surface area is 127 Å². The molecule has 1 heterocycles. The van der Waals surface area contributed by atoms with Crippen molar-refractivity contribution < 1.29 is 9.13 Å². The lowest BCUT2D eigenvalue weighted by Gasteiger charge is -2.08. The fourth-order valence-corrected chi connectivity index (χ4v) is 2.09. The number of nitrogen functional groups attached to an aromatic ring is 1. The maximum atomic E-state index is 13.1. The van der Waals surface area contributed by atoms with E-state index < -0.39 is 0 Å². The smallest absolute Gasteiger partial charge is 0.134 e.